The number of hydrogen-bond donors (Lipinski definition) is 2. The normalized spacial score (nSPS) is 12.1. The molecule has 0 aliphatic rings. The highest BCUT2D eigenvalue weighted by atomic mass is 32.2. The van der Waals surface area contributed by atoms with Gasteiger partial charge in [0.05, 0.1) is 18.6 Å². The zero-order chi connectivity index (χ0) is 14.2. The standard InChI is InChI=1S/C11H20N2O4S/c1-11(2,3)7-8(12-13-10(15)16)18-6-5-9(14)17-4/h13H,5-7H2,1-4H3,(H,15,16). The highest BCUT2D eigenvalue weighted by molar-refractivity contribution is 8.13. The van der Waals surface area contributed by atoms with E-state index in [-0.39, 0.29) is 17.8 Å². The van der Waals surface area contributed by atoms with Crippen LogP contribution in [-0.4, -0.2) is 35.1 Å². The third-order valence-corrected chi connectivity index (χ3v) is 2.74. The first-order valence-electron chi connectivity index (χ1n) is 5.49. The van der Waals surface area contributed by atoms with Crippen LogP contribution in [0.2, 0.25) is 0 Å². The third-order valence-electron chi connectivity index (χ3n) is 1.76. The Morgan fingerprint density at radius 3 is 2.44 bits per heavy atom. The molecule has 0 aliphatic heterocycles. The summed E-state index contributed by atoms with van der Waals surface area (Å²) < 4.78 is 4.53. The fourth-order valence-electron chi connectivity index (χ4n) is 1.04. The predicted octanol–water partition coefficient (Wildman–Crippen LogP) is 2.30. The largest absolute Gasteiger partial charge is 0.469 e. The number of nitrogens with zero attached hydrogens (tertiary/aromatic N) is 1. The van der Waals surface area contributed by atoms with Gasteiger partial charge in [-0.2, -0.15) is 5.10 Å². The molecule has 18 heavy (non-hydrogen) atoms. The summed E-state index contributed by atoms with van der Waals surface area (Å²) in [5.74, 6) is 0.229. The van der Waals surface area contributed by atoms with Crippen molar-refractivity contribution in [1.29, 1.82) is 0 Å². The van der Waals surface area contributed by atoms with Crippen molar-refractivity contribution in [3.8, 4) is 0 Å². The quantitative estimate of drug-likeness (QED) is 0.348. The molecule has 0 fully saturated rings. The molecule has 0 atom stereocenters. The summed E-state index contributed by atoms with van der Waals surface area (Å²) in [6.07, 6.45) is -0.286. The summed E-state index contributed by atoms with van der Waals surface area (Å²) in [5, 5.41) is 13.0. The smallest absolute Gasteiger partial charge is 0.425 e. The average Bonchev–Trinajstić information content (AvgIpc) is 2.23. The first kappa shape index (κ1) is 16.8. The van der Waals surface area contributed by atoms with Gasteiger partial charge in [-0.3, -0.25) is 4.79 Å². The fourth-order valence-corrected chi connectivity index (χ4v) is 2.19. The molecular weight excluding hydrogens is 256 g/mol. The summed E-state index contributed by atoms with van der Waals surface area (Å²) in [6, 6.07) is 0. The lowest BCUT2D eigenvalue weighted by Gasteiger charge is -2.18. The highest BCUT2D eigenvalue weighted by Crippen LogP contribution is 2.24. The number of esters is 1. The Morgan fingerprint density at radius 2 is 2.00 bits per heavy atom. The Kier molecular flexibility index (Phi) is 7.42. The minimum atomic E-state index is -1.20. The summed E-state index contributed by atoms with van der Waals surface area (Å²) in [6.45, 7) is 6.10. The van der Waals surface area contributed by atoms with Crippen molar-refractivity contribution in [2.24, 2.45) is 10.5 Å². The molecule has 0 bridgehead atoms. The minimum Gasteiger partial charge on any atom is -0.469 e. The van der Waals surface area contributed by atoms with Crippen LogP contribution in [-0.2, 0) is 9.53 Å². The van der Waals surface area contributed by atoms with E-state index in [4.69, 9.17) is 5.11 Å². The lowest BCUT2D eigenvalue weighted by Crippen LogP contribution is -2.19. The van der Waals surface area contributed by atoms with Gasteiger partial charge in [0.1, 0.15) is 0 Å². The van der Waals surface area contributed by atoms with Gasteiger partial charge < -0.3 is 9.84 Å². The summed E-state index contributed by atoms with van der Waals surface area (Å²) in [4.78, 5) is 21.4. The number of thioether (sulfide) groups is 1. The molecule has 1 amide bonds. The number of carboxylic acid groups (broad SMARTS) is 1. The second-order valence-electron chi connectivity index (χ2n) is 4.83. The van der Waals surface area contributed by atoms with Gasteiger partial charge >= 0.3 is 12.1 Å². The minimum absolute atomic E-state index is 0.00270. The molecule has 0 rings (SSSR count). The maximum absolute atomic E-state index is 11.0. The molecule has 2 N–H and O–H groups in total. The topological polar surface area (TPSA) is 88.0 Å². The monoisotopic (exact) mass is 276 g/mol. The van der Waals surface area contributed by atoms with Crippen molar-refractivity contribution in [3.63, 3.8) is 0 Å². The van der Waals surface area contributed by atoms with Gasteiger partial charge in [0, 0.05) is 12.2 Å². The zero-order valence-electron chi connectivity index (χ0n) is 11.1. The lowest BCUT2D eigenvalue weighted by molar-refractivity contribution is -0.140. The van der Waals surface area contributed by atoms with Crippen molar-refractivity contribution in [3.05, 3.63) is 0 Å². The molecule has 7 heteroatoms. The van der Waals surface area contributed by atoms with Crippen LogP contribution in [0.1, 0.15) is 33.6 Å². The Bertz CT molecular complexity index is 323. The molecule has 0 spiro atoms. The van der Waals surface area contributed by atoms with Crippen LogP contribution < -0.4 is 5.43 Å². The van der Waals surface area contributed by atoms with Gasteiger partial charge in [-0.1, -0.05) is 20.8 Å². The number of rotatable bonds is 5. The number of amides is 1. The second-order valence-corrected chi connectivity index (χ2v) is 6.00. The number of hydrogen-bond acceptors (Lipinski definition) is 5. The van der Waals surface area contributed by atoms with Crippen LogP contribution in [0.15, 0.2) is 5.10 Å². The predicted molar refractivity (Wildman–Crippen MR) is 71.8 cm³/mol. The number of methoxy groups -OCH3 is 1. The van der Waals surface area contributed by atoms with Crippen molar-refractivity contribution < 1.29 is 19.4 Å². The summed E-state index contributed by atoms with van der Waals surface area (Å²) >= 11 is 1.36. The Labute approximate surface area is 111 Å². The Balaban J connectivity index is 4.34. The van der Waals surface area contributed by atoms with Crippen LogP contribution in [0.5, 0.6) is 0 Å². The molecule has 0 radical (unpaired) electrons. The lowest BCUT2D eigenvalue weighted by atomic mass is 9.93. The maximum Gasteiger partial charge on any atom is 0.425 e. The SMILES string of the molecule is COC(=O)CCSC(CC(C)(C)C)=NNC(=O)O. The van der Waals surface area contributed by atoms with E-state index in [2.05, 4.69) is 9.84 Å². The molecule has 6 nitrogen and oxygen atoms in total. The van der Waals surface area contributed by atoms with Gasteiger partial charge in [-0.15, -0.1) is 11.8 Å². The number of nitrogens with one attached hydrogen (secondary N) is 1. The molecular formula is C11H20N2O4S. The third kappa shape index (κ3) is 9.95. The molecule has 0 saturated carbocycles. The van der Waals surface area contributed by atoms with Gasteiger partial charge in [0.25, 0.3) is 0 Å². The van der Waals surface area contributed by atoms with E-state index >= 15 is 0 Å². The van der Waals surface area contributed by atoms with Crippen LogP contribution in [0.3, 0.4) is 0 Å². The highest BCUT2D eigenvalue weighted by Gasteiger charge is 2.16. The van der Waals surface area contributed by atoms with E-state index in [1.165, 1.54) is 18.9 Å². The Morgan fingerprint density at radius 1 is 1.39 bits per heavy atom. The summed E-state index contributed by atoms with van der Waals surface area (Å²) in [5.41, 5.74) is 1.99. The Hall–Kier alpha value is -1.24. The van der Waals surface area contributed by atoms with Crippen molar-refractivity contribution in [1.82, 2.24) is 5.43 Å². The van der Waals surface area contributed by atoms with Gasteiger partial charge in [-0.25, -0.2) is 10.2 Å². The van der Waals surface area contributed by atoms with Crippen LogP contribution in [0, 0.1) is 5.41 Å². The van der Waals surface area contributed by atoms with E-state index in [1.807, 2.05) is 26.2 Å². The molecule has 0 aromatic rings. The van der Waals surface area contributed by atoms with Crippen LogP contribution in [0.4, 0.5) is 4.79 Å². The van der Waals surface area contributed by atoms with Crippen molar-refractivity contribution >= 4 is 28.9 Å². The van der Waals surface area contributed by atoms with Gasteiger partial charge in [0.2, 0.25) is 0 Å². The fraction of sp³-hybridized carbons (Fsp3) is 0.727. The van der Waals surface area contributed by atoms with Crippen molar-refractivity contribution in [2.45, 2.75) is 33.6 Å². The second kappa shape index (κ2) is 7.97. The molecule has 0 unspecified atom stereocenters. The first-order valence-corrected chi connectivity index (χ1v) is 6.48. The number of ether oxygens (including phenoxy) is 1. The molecule has 0 aromatic carbocycles. The molecule has 104 valence electrons. The number of carbonyl (C=O) groups excluding carboxylic acids is 1. The van der Waals surface area contributed by atoms with E-state index in [0.29, 0.717) is 17.2 Å². The zero-order valence-corrected chi connectivity index (χ0v) is 12.0. The molecule has 0 heterocycles. The van der Waals surface area contributed by atoms with E-state index in [9.17, 15) is 9.59 Å². The number of carbonyl (C=O) groups is 2. The molecule has 0 aromatic heterocycles. The van der Waals surface area contributed by atoms with Crippen molar-refractivity contribution in [2.75, 3.05) is 12.9 Å². The molecule has 0 aliphatic carbocycles. The maximum atomic E-state index is 11.0. The van der Waals surface area contributed by atoms with E-state index in [1.54, 1.807) is 0 Å². The first-order chi connectivity index (χ1) is 8.24. The average molecular weight is 276 g/mol. The summed E-state index contributed by atoms with van der Waals surface area (Å²) in [7, 11) is 1.34. The number of hydrazone groups is 1. The molecule has 0 saturated heterocycles. The van der Waals surface area contributed by atoms with Crippen LogP contribution in [0.25, 0.3) is 0 Å². The van der Waals surface area contributed by atoms with Gasteiger partial charge in [-0.05, 0) is 5.41 Å². The van der Waals surface area contributed by atoms with Crippen LogP contribution >= 0.6 is 11.8 Å². The van der Waals surface area contributed by atoms with Gasteiger partial charge in [0.15, 0.2) is 0 Å². The van der Waals surface area contributed by atoms with E-state index < -0.39 is 6.09 Å². The van der Waals surface area contributed by atoms with E-state index in [0.717, 1.165) is 0 Å².